The molecule has 1 aromatic rings. The molecule has 0 spiro atoms. The first kappa shape index (κ1) is 12.8. The van der Waals surface area contributed by atoms with Gasteiger partial charge in [-0.2, -0.15) is 0 Å². The number of fused-ring (bicyclic) bond motifs is 1. The van der Waals surface area contributed by atoms with Gasteiger partial charge in [-0.05, 0) is 23.7 Å². The SMILES string of the molecule is CC1=C(C)SC(C2Sc3[nH]c(=O)[nH]c(=O)c3S2)S1. The van der Waals surface area contributed by atoms with E-state index in [0.717, 1.165) is 0 Å². The average molecular weight is 318 g/mol. The van der Waals surface area contributed by atoms with Crippen LogP contribution in [-0.4, -0.2) is 19.1 Å². The van der Waals surface area contributed by atoms with Gasteiger partial charge >= 0.3 is 5.69 Å². The van der Waals surface area contributed by atoms with Crippen LogP contribution in [0, 0.1) is 0 Å². The first-order valence-corrected chi connectivity index (χ1v) is 8.77. The van der Waals surface area contributed by atoms with Gasteiger partial charge in [0.25, 0.3) is 5.56 Å². The van der Waals surface area contributed by atoms with Crippen LogP contribution >= 0.6 is 47.0 Å². The largest absolute Gasteiger partial charge is 0.326 e. The molecule has 0 saturated heterocycles. The van der Waals surface area contributed by atoms with Crippen LogP contribution in [0.5, 0.6) is 0 Å². The molecule has 8 heteroatoms. The Morgan fingerprint density at radius 3 is 2.17 bits per heavy atom. The quantitative estimate of drug-likeness (QED) is 0.776. The molecule has 0 fully saturated rings. The molecule has 2 aliphatic heterocycles. The summed E-state index contributed by atoms with van der Waals surface area (Å²) in [4.78, 5) is 31.2. The third-order valence-electron chi connectivity index (χ3n) is 2.64. The van der Waals surface area contributed by atoms with Crippen molar-refractivity contribution in [2.75, 3.05) is 0 Å². The van der Waals surface area contributed by atoms with Gasteiger partial charge in [-0.15, -0.1) is 35.3 Å². The van der Waals surface area contributed by atoms with Crippen LogP contribution in [0.2, 0.25) is 0 Å². The molecule has 3 heterocycles. The first-order valence-electron chi connectivity index (χ1n) is 5.25. The average Bonchev–Trinajstić information content (AvgIpc) is 2.84. The zero-order valence-electron chi connectivity index (χ0n) is 9.60. The standard InChI is InChI=1S/C10H10N2O2S4/c1-3-4(2)16-8(15-3)9-17-5-6(13)11-10(14)12-7(5)18-9/h8-9H,1-2H3,(H2,11,12,13,14). The van der Waals surface area contributed by atoms with Crippen LogP contribution in [0.25, 0.3) is 0 Å². The zero-order valence-corrected chi connectivity index (χ0v) is 12.9. The second kappa shape index (κ2) is 4.73. The molecule has 1 unspecified atom stereocenters. The summed E-state index contributed by atoms with van der Waals surface area (Å²) in [6.07, 6.45) is 0. The van der Waals surface area contributed by atoms with Gasteiger partial charge in [0.15, 0.2) is 0 Å². The van der Waals surface area contributed by atoms with E-state index in [9.17, 15) is 9.59 Å². The number of nitrogens with one attached hydrogen (secondary N) is 2. The van der Waals surface area contributed by atoms with Gasteiger partial charge in [-0.3, -0.25) is 9.78 Å². The number of hydrogen-bond donors (Lipinski definition) is 2. The molecule has 96 valence electrons. The van der Waals surface area contributed by atoms with Crippen molar-refractivity contribution in [1.82, 2.24) is 9.97 Å². The fourth-order valence-electron chi connectivity index (χ4n) is 1.66. The third-order valence-corrected chi connectivity index (χ3v) is 9.25. The Morgan fingerprint density at radius 2 is 1.50 bits per heavy atom. The number of allylic oxidation sites excluding steroid dienone is 2. The Morgan fingerprint density at radius 1 is 0.889 bits per heavy atom. The summed E-state index contributed by atoms with van der Waals surface area (Å²) < 4.78 is 0.664. The van der Waals surface area contributed by atoms with E-state index in [1.54, 1.807) is 23.5 Å². The Kier molecular flexibility index (Phi) is 3.38. The van der Waals surface area contributed by atoms with Gasteiger partial charge in [0, 0.05) is 0 Å². The van der Waals surface area contributed by atoms with Gasteiger partial charge in [-0.1, -0.05) is 11.8 Å². The first-order chi connectivity index (χ1) is 8.54. The molecule has 1 aromatic heterocycles. The van der Waals surface area contributed by atoms with Gasteiger partial charge < -0.3 is 4.98 Å². The summed E-state index contributed by atoms with van der Waals surface area (Å²) >= 11 is 6.83. The van der Waals surface area contributed by atoms with Crippen LogP contribution < -0.4 is 11.2 Å². The van der Waals surface area contributed by atoms with Crippen molar-refractivity contribution in [3.8, 4) is 0 Å². The van der Waals surface area contributed by atoms with Crippen molar-refractivity contribution in [2.24, 2.45) is 0 Å². The van der Waals surface area contributed by atoms with E-state index in [2.05, 4.69) is 23.8 Å². The van der Waals surface area contributed by atoms with E-state index in [0.29, 0.717) is 14.5 Å². The minimum atomic E-state index is -0.426. The van der Waals surface area contributed by atoms with E-state index < -0.39 is 5.69 Å². The molecule has 0 aliphatic carbocycles. The van der Waals surface area contributed by atoms with Crippen molar-refractivity contribution in [3.05, 3.63) is 30.6 Å². The van der Waals surface area contributed by atoms with E-state index >= 15 is 0 Å². The molecule has 0 saturated carbocycles. The van der Waals surface area contributed by atoms with Crippen LogP contribution in [0.3, 0.4) is 0 Å². The Labute approximate surface area is 120 Å². The maximum atomic E-state index is 11.7. The highest BCUT2D eigenvalue weighted by Gasteiger charge is 2.36. The maximum Gasteiger partial charge on any atom is 0.326 e. The number of aromatic nitrogens is 2. The van der Waals surface area contributed by atoms with Gasteiger partial charge in [0.2, 0.25) is 0 Å². The van der Waals surface area contributed by atoms with Crippen LogP contribution in [0.1, 0.15) is 13.8 Å². The van der Waals surface area contributed by atoms with Gasteiger partial charge in [0.1, 0.15) is 4.90 Å². The highest BCUT2D eigenvalue weighted by Crippen LogP contribution is 2.57. The molecule has 4 nitrogen and oxygen atoms in total. The molecule has 3 rings (SSSR count). The van der Waals surface area contributed by atoms with Crippen LogP contribution in [-0.2, 0) is 0 Å². The molecule has 0 radical (unpaired) electrons. The van der Waals surface area contributed by atoms with E-state index in [1.165, 1.54) is 9.81 Å². The topological polar surface area (TPSA) is 65.7 Å². The third kappa shape index (κ3) is 2.19. The lowest BCUT2D eigenvalue weighted by atomic mass is 10.6. The minimum absolute atomic E-state index is 0.265. The minimum Gasteiger partial charge on any atom is -0.301 e. The van der Waals surface area contributed by atoms with Gasteiger partial charge in [-0.25, -0.2) is 4.79 Å². The second-order valence-electron chi connectivity index (χ2n) is 3.89. The summed E-state index contributed by atoms with van der Waals surface area (Å²) in [6.45, 7) is 4.25. The summed E-state index contributed by atoms with van der Waals surface area (Å²) in [5.74, 6) is 0. The predicted octanol–water partition coefficient (Wildman–Crippen LogP) is 2.64. The number of hydrogen-bond acceptors (Lipinski definition) is 6. The van der Waals surface area contributed by atoms with Crippen LogP contribution in [0.15, 0.2) is 29.3 Å². The molecule has 18 heavy (non-hydrogen) atoms. The highest BCUT2D eigenvalue weighted by molar-refractivity contribution is 8.28. The molecular formula is C10H10N2O2S4. The van der Waals surface area contributed by atoms with Crippen molar-refractivity contribution >= 4 is 47.0 Å². The fourth-order valence-corrected chi connectivity index (χ4v) is 8.01. The van der Waals surface area contributed by atoms with Crippen molar-refractivity contribution in [3.63, 3.8) is 0 Å². The molecular weight excluding hydrogens is 308 g/mol. The molecule has 0 amide bonds. The lowest BCUT2D eigenvalue weighted by Crippen LogP contribution is -2.23. The van der Waals surface area contributed by atoms with Crippen molar-refractivity contribution in [2.45, 2.75) is 32.9 Å². The summed E-state index contributed by atoms with van der Waals surface area (Å²) in [5.41, 5.74) is -0.701. The van der Waals surface area contributed by atoms with Crippen molar-refractivity contribution < 1.29 is 0 Å². The second-order valence-corrected chi connectivity index (χ2v) is 9.50. The Bertz CT molecular complexity index is 634. The summed E-state index contributed by atoms with van der Waals surface area (Å²) in [7, 11) is 0. The lowest BCUT2D eigenvalue weighted by Gasteiger charge is -2.14. The maximum absolute atomic E-state index is 11.7. The zero-order chi connectivity index (χ0) is 12.9. The smallest absolute Gasteiger partial charge is 0.301 e. The predicted molar refractivity (Wildman–Crippen MR) is 80.5 cm³/mol. The number of thioether (sulfide) groups is 4. The van der Waals surface area contributed by atoms with E-state index in [-0.39, 0.29) is 10.1 Å². The van der Waals surface area contributed by atoms with E-state index in [1.807, 2.05) is 23.5 Å². The number of rotatable bonds is 1. The van der Waals surface area contributed by atoms with Crippen molar-refractivity contribution in [1.29, 1.82) is 0 Å². The Balaban J connectivity index is 1.84. The molecule has 2 N–H and O–H groups in total. The summed E-state index contributed by atoms with van der Waals surface area (Å²) in [5, 5.41) is 0.710. The Hall–Kier alpha value is -0.180. The van der Waals surface area contributed by atoms with E-state index in [4.69, 9.17) is 0 Å². The van der Waals surface area contributed by atoms with Gasteiger partial charge in [0.05, 0.1) is 14.2 Å². The lowest BCUT2D eigenvalue weighted by molar-refractivity contribution is 0.881. The monoisotopic (exact) mass is 318 g/mol. The number of aromatic amines is 2. The molecule has 2 aliphatic rings. The summed E-state index contributed by atoms with van der Waals surface area (Å²) in [6, 6.07) is 0. The fraction of sp³-hybridized carbons (Fsp3) is 0.400. The molecule has 1 atom stereocenters. The highest BCUT2D eigenvalue weighted by atomic mass is 32.2. The number of H-pyrrole nitrogens is 2. The molecule has 0 bridgehead atoms. The normalized spacial score (nSPS) is 23.8. The molecule has 0 aromatic carbocycles. The van der Waals surface area contributed by atoms with Crippen LogP contribution in [0.4, 0.5) is 0 Å².